The lowest BCUT2D eigenvalue weighted by atomic mass is 10.1. The average Bonchev–Trinajstić information content (AvgIpc) is 2.36. The first-order valence-corrected chi connectivity index (χ1v) is 4.28. The van der Waals surface area contributed by atoms with Crippen LogP contribution in [0.3, 0.4) is 0 Å². The molecule has 0 aliphatic heterocycles. The molecule has 0 saturated carbocycles. The van der Waals surface area contributed by atoms with Gasteiger partial charge in [-0.2, -0.15) is 0 Å². The average molecular weight is 170 g/mol. The molecule has 64 valence electrons. The van der Waals surface area contributed by atoms with Crippen LogP contribution in [0, 0.1) is 0 Å². The van der Waals surface area contributed by atoms with E-state index >= 15 is 0 Å². The van der Waals surface area contributed by atoms with E-state index in [4.69, 9.17) is 0 Å². The number of ketones is 1. The van der Waals surface area contributed by atoms with Gasteiger partial charge < -0.3 is 0 Å². The number of hydrogen-bond acceptors (Lipinski definition) is 1. The van der Waals surface area contributed by atoms with Crippen molar-refractivity contribution in [2.45, 2.75) is 6.92 Å². The quantitative estimate of drug-likeness (QED) is 0.601. The summed E-state index contributed by atoms with van der Waals surface area (Å²) in [6, 6.07) is 13.7. The molecule has 0 saturated heterocycles. The Hall–Kier alpha value is -1.63. The molecule has 0 unspecified atom stereocenters. The van der Waals surface area contributed by atoms with Gasteiger partial charge in [-0.1, -0.05) is 42.5 Å². The molecular weight excluding hydrogens is 160 g/mol. The fraction of sp³-hybridized carbons (Fsp3) is 0.0833. The van der Waals surface area contributed by atoms with Crippen LogP contribution in [-0.4, -0.2) is 5.78 Å². The minimum absolute atomic E-state index is 0.126. The summed E-state index contributed by atoms with van der Waals surface area (Å²) in [6.45, 7) is 1.60. The van der Waals surface area contributed by atoms with Gasteiger partial charge in [0.05, 0.1) is 0 Å². The van der Waals surface area contributed by atoms with Crippen LogP contribution in [0.5, 0.6) is 0 Å². The summed E-state index contributed by atoms with van der Waals surface area (Å²) in [4.78, 5) is 11.2. The first kappa shape index (κ1) is 7.99. The Morgan fingerprint density at radius 2 is 1.77 bits per heavy atom. The highest BCUT2D eigenvalue weighted by molar-refractivity contribution is 6.02. The minimum atomic E-state index is 0.126. The number of carbonyl (C=O) groups is 1. The lowest BCUT2D eigenvalue weighted by Crippen LogP contribution is -1.89. The minimum Gasteiger partial charge on any atom is -0.294 e. The monoisotopic (exact) mass is 170 g/mol. The van der Waals surface area contributed by atoms with E-state index in [1.807, 2.05) is 42.5 Å². The van der Waals surface area contributed by atoms with Crippen molar-refractivity contribution in [2.75, 3.05) is 0 Å². The second kappa shape index (κ2) is 3.02. The van der Waals surface area contributed by atoms with E-state index in [1.165, 1.54) is 0 Å². The molecule has 0 fully saturated rings. The van der Waals surface area contributed by atoms with Crippen molar-refractivity contribution in [2.24, 2.45) is 0 Å². The molecule has 0 amide bonds. The first-order chi connectivity index (χ1) is 6.29. The van der Waals surface area contributed by atoms with Gasteiger partial charge in [0.2, 0.25) is 0 Å². The smallest absolute Gasteiger partial charge is 0.160 e. The third kappa shape index (κ3) is 1.33. The maximum absolute atomic E-state index is 11.2. The summed E-state index contributed by atoms with van der Waals surface area (Å²) in [6.07, 6.45) is 0. The summed E-state index contributed by atoms with van der Waals surface area (Å²) in [5.74, 6) is 0.126. The largest absolute Gasteiger partial charge is 0.294 e. The van der Waals surface area contributed by atoms with Crippen LogP contribution in [-0.2, 0) is 0 Å². The zero-order chi connectivity index (χ0) is 9.26. The van der Waals surface area contributed by atoms with Crippen LogP contribution in [0.1, 0.15) is 17.3 Å². The van der Waals surface area contributed by atoms with Crippen molar-refractivity contribution < 1.29 is 4.79 Å². The van der Waals surface area contributed by atoms with Crippen LogP contribution in [0.15, 0.2) is 42.5 Å². The van der Waals surface area contributed by atoms with Gasteiger partial charge >= 0.3 is 0 Å². The second-order valence-corrected chi connectivity index (χ2v) is 3.08. The Morgan fingerprint density at radius 1 is 1.00 bits per heavy atom. The normalized spacial score (nSPS) is 10.2. The van der Waals surface area contributed by atoms with E-state index in [0.29, 0.717) is 0 Å². The zero-order valence-corrected chi connectivity index (χ0v) is 7.45. The van der Waals surface area contributed by atoms with Crippen molar-refractivity contribution in [3.05, 3.63) is 48.0 Å². The van der Waals surface area contributed by atoms with Crippen molar-refractivity contribution in [1.82, 2.24) is 0 Å². The Kier molecular flexibility index (Phi) is 1.85. The summed E-state index contributed by atoms with van der Waals surface area (Å²) in [5, 5.41) is 0. The predicted molar refractivity (Wildman–Crippen MR) is 53.1 cm³/mol. The first-order valence-electron chi connectivity index (χ1n) is 4.28. The summed E-state index contributed by atoms with van der Waals surface area (Å²) < 4.78 is 0. The molecule has 0 bridgehead atoms. The molecule has 1 nitrogen and oxygen atoms in total. The number of Topliss-reactive ketones (excluding diaryl/α,β-unsaturated/α-hetero) is 1. The lowest BCUT2D eigenvalue weighted by molar-refractivity contribution is 0.101. The van der Waals surface area contributed by atoms with Gasteiger partial charge in [0.1, 0.15) is 0 Å². The van der Waals surface area contributed by atoms with E-state index < -0.39 is 0 Å². The summed E-state index contributed by atoms with van der Waals surface area (Å²) >= 11 is 0. The van der Waals surface area contributed by atoms with E-state index in [1.54, 1.807) is 6.92 Å². The molecule has 0 radical (unpaired) electrons. The molecule has 13 heavy (non-hydrogen) atoms. The molecule has 2 aliphatic carbocycles. The van der Waals surface area contributed by atoms with E-state index in [-0.39, 0.29) is 5.78 Å². The van der Waals surface area contributed by atoms with Crippen LogP contribution >= 0.6 is 0 Å². The van der Waals surface area contributed by atoms with Crippen LogP contribution in [0.2, 0.25) is 0 Å². The van der Waals surface area contributed by atoms with Gasteiger partial charge in [0, 0.05) is 5.56 Å². The van der Waals surface area contributed by atoms with Crippen molar-refractivity contribution >= 4 is 5.78 Å². The topological polar surface area (TPSA) is 17.1 Å². The Labute approximate surface area is 77.4 Å². The SMILES string of the molecule is CC(=O)c1ccc2cccccc1-2. The molecular formula is C12H10O. The lowest BCUT2D eigenvalue weighted by Gasteiger charge is -1.94. The Morgan fingerprint density at radius 3 is 2.54 bits per heavy atom. The predicted octanol–water partition coefficient (Wildman–Crippen LogP) is 2.99. The maximum Gasteiger partial charge on any atom is 0.160 e. The van der Waals surface area contributed by atoms with Crippen molar-refractivity contribution in [3.8, 4) is 11.1 Å². The highest BCUT2D eigenvalue weighted by Gasteiger charge is 2.09. The molecule has 0 aromatic carbocycles. The van der Waals surface area contributed by atoms with Crippen LogP contribution in [0.4, 0.5) is 0 Å². The molecule has 2 aliphatic rings. The third-order valence-corrected chi connectivity index (χ3v) is 2.17. The highest BCUT2D eigenvalue weighted by Crippen LogP contribution is 2.26. The molecule has 0 spiro atoms. The van der Waals surface area contributed by atoms with Gasteiger partial charge in [-0.3, -0.25) is 4.79 Å². The molecule has 2 rings (SSSR count). The Bertz CT molecular complexity index is 418. The molecule has 0 aromatic heterocycles. The molecule has 0 N–H and O–H groups in total. The van der Waals surface area contributed by atoms with Crippen molar-refractivity contribution in [1.29, 1.82) is 0 Å². The zero-order valence-electron chi connectivity index (χ0n) is 7.45. The fourth-order valence-electron chi connectivity index (χ4n) is 1.52. The number of carbonyl (C=O) groups excluding carboxylic acids is 1. The van der Waals surface area contributed by atoms with Crippen molar-refractivity contribution in [3.63, 3.8) is 0 Å². The second-order valence-electron chi connectivity index (χ2n) is 3.08. The van der Waals surface area contributed by atoms with Crippen LogP contribution < -0.4 is 0 Å². The number of hydrogen-bond donors (Lipinski definition) is 0. The molecule has 0 atom stereocenters. The Balaban J connectivity index is 2.68. The number of rotatable bonds is 1. The van der Waals surface area contributed by atoms with Gasteiger partial charge in [-0.05, 0) is 18.1 Å². The van der Waals surface area contributed by atoms with E-state index in [9.17, 15) is 4.79 Å². The van der Waals surface area contributed by atoms with E-state index in [2.05, 4.69) is 0 Å². The summed E-state index contributed by atoms with van der Waals surface area (Å²) in [7, 11) is 0. The van der Waals surface area contributed by atoms with Gasteiger partial charge in [-0.25, -0.2) is 0 Å². The van der Waals surface area contributed by atoms with E-state index in [0.717, 1.165) is 16.7 Å². The molecule has 0 aromatic rings. The highest BCUT2D eigenvalue weighted by atomic mass is 16.1. The number of fused-ring (bicyclic) bond motifs is 1. The fourth-order valence-corrected chi connectivity index (χ4v) is 1.52. The summed E-state index contributed by atoms with van der Waals surface area (Å²) in [5.41, 5.74) is 2.97. The molecule has 1 heteroatoms. The maximum atomic E-state index is 11.2. The van der Waals surface area contributed by atoms with Gasteiger partial charge in [0.15, 0.2) is 5.78 Å². The van der Waals surface area contributed by atoms with Gasteiger partial charge in [-0.15, -0.1) is 0 Å². The third-order valence-electron chi connectivity index (χ3n) is 2.17. The van der Waals surface area contributed by atoms with Gasteiger partial charge in [0.25, 0.3) is 0 Å². The standard InChI is InChI=1S/C12H10O/c1-9(13)11-8-7-10-5-3-2-4-6-12(10)11/h2-8H,1H3. The molecule has 0 heterocycles. The van der Waals surface area contributed by atoms with Crippen LogP contribution in [0.25, 0.3) is 11.1 Å².